The van der Waals surface area contributed by atoms with Crippen LogP contribution in [0.3, 0.4) is 0 Å². The number of hydrogen-bond acceptors (Lipinski definition) is 1. The fourth-order valence-electron chi connectivity index (χ4n) is 1.46. The molecule has 3 heteroatoms. The fourth-order valence-corrected chi connectivity index (χ4v) is 1.46. The number of amides is 1. The Balaban J connectivity index is 2.70. The zero-order chi connectivity index (χ0) is 11.3. The molecule has 0 saturated heterocycles. The van der Waals surface area contributed by atoms with Crippen molar-refractivity contribution in [2.75, 3.05) is 6.54 Å². The molecule has 1 aromatic rings. The van der Waals surface area contributed by atoms with E-state index in [9.17, 15) is 9.18 Å². The van der Waals surface area contributed by atoms with Crippen molar-refractivity contribution >= 4 is 5.91 Å². The monoisotopic (exact) mass is 209 g/mol. The van der Waals surface area contributed by atoms with Gasteiger partial charge in [-0.1, -0.05) is 19.1 Å². The maximum absolute atomic E-state index is 12.9. The van der Waals surface area contributed by atoms with Crippen molar-refractivity contribution in [3.63, 3.8) is 0 Å². The molecule has 0 aromatic heterocycles. The molecular weight excluding hydrogens is 193 g/mol. The average molecular weight is 209 g/mol. The predicted octanol–water partition coefficient (Wildman–Crippen LogP) is 2.58. The van der Waals surface area contributed by atoms with Gasteiger partial charge in [0.25, 0.3) is 0 Å². The number of hydrogen-bond donors (Lipinski definition) is 0. The summed E-state index contributed by atoms with van der Waals surface area (Å²) in [6.07, 6.45) is 0.489. The smallest absolute Gasteiger partial charge is 0.222 e. The molecule has 0 aliphatic rings. The minimum absolute atomic E-state index is 0.0989. The zero-order valence-corrected chi connectivity index (χ0v) is 9.16. The second-order valence-electron chi connectivity index (χ2n) is 3.39. The van der Waals surface area contributed by atoms with Gasteiger partial charge in [-0.25, -0.2) is 4.39 Å². The van der Waals surface area contributed by atoms with Crippen molar-refractivity contribution in [1.82, 2.24) is 4.90 Å². The van der Waals surface area contributed by atoms with Crippen molar-refractivity contribution < 1.29 is 9.18 Å². The Hall–Kier alpha value is -1.38. The standard InChI is InChI=1S/C12H16FNO/c1-3-12(15)14(4-2)9-10-6-5-7-11(13)8-10/h5-8H,3-4,9H2,1-2H3. The molecule has 0 bridgehead atoms. The number of rotatable bonds is 4. The molecule has 0 spiro atoms. The fraction of sp³-hybridized carbons (Fsp3) is 0.417. The normalized spacial score (nSPS) is 10.1. The Bertz CT molecular complexity index is 338. The molecule has 1 aromatic carbocycles. The van der Waals surface area contributed by atoms with Gasteiger partial charge in [0, 0.05) is 19.5 Å². The van der Waals surface area contributed by atoms with Gasteiger partial charge >= 0.3 is 0 Å². The van der Waals surface area contributed by atoms with E-state index >= 15 is 0 Å². The molecule has 2 nitrogen and oxygen atoms in total. The molecule has 0 heterocycles. The maximum Gasteiger partial charge on any atom is 0.222 e. The molecule has 0 unspecified atom stereocenters. The Kier molecular flexibility index (Phi) is 4.28. The summed E-state index contributed by atoms with van der Waals surface area (Å²) in [5.74, 6) is -0.158. The quantitative estimate of drug-likeness (QED) is 0.746. The van der Waals surface area contributed by atoms with Gasteiger partial charge in [0.2, 0.25) is 5.91 Å². The zero-order valence-electron chi connectivity index (χ0n) is 9.16. The third-order valence-corrected chi connectivity index (χ3v) is 2.30. The highest BCUT2D eigenvalue weighted by Crippen LogP contribution is 2.08. The van der Waals surface area contributed by atoms with E-state index in [4.69, 9.17) is 0 Å². The van der Waals surface area contributed by atoms with Crippen LogP contribution in [0.4, 0.5) is 4.39 Å². The minimum atomic E-state index is -0.257. The summed E-state index contributed by atoms with van der Waals surface area (Å²) >= 11 is 0. The molecule has 0 aliphatic carbocycles. The van der Waals surface area contributed by atoms with Crippen molar-refractivity contribution in [2.24, 2.45) is 0 Å². The van der Waals surface area contributed by atoms with E-state index in [0.717, 1.165) is 5.56 Å². The van der Waals surface area contributed by atoms with Crippen LogP contribution in [0.25, 0.3) is 0 Å². The first-order valence-electron chi connectivity index (χ1n) is 5.19. The minimum Gasteiger partial charge on any atom is -0.339 e. The van der Waals surface area contributed by atoms with E-state index in [1.807, 2.05) is 19.9 Å². The summed E-state index contributed by atoms with van der Waals surface area (Å²) in [4.78, 5) is 13.2. The van der Waals surface area contributed by atoms with Crippen molar-refractivity contribution in [3.05, 3.63) is 35.6 Å². The Morgan fingerprint density at radius 3 is 2.67 bits per heavy atom. The van der Waals surface area contributed by atoms with Crippen LogP contribution in [0.5, 0.6) is 0 Å². The van der Waals surface area contributed by atoms with Gasteiger partial charge in [0.05, 0.1) is 0 Å². The van der Waals surface area contributed by atoms with E-state index in [1.165, 1.54) is 12.1 Å². The Labute approximate surface area is 89.7 Å². The van der Waals surface area contributed by atoms with Gasteiger partial charge in [0.1, 0.15) is 5.82 Å². The molecule has 82 valence electrons. The molecule has 0 N–H and O–H groups in total. The Morgan fingerprint density at radius 1 is 1.40 bits per heavy atom. The lowest BCUT2D eigenvalue weighted by atomic mass is 10.2. The van der Waals surface area contributed by atoms with E-state index in [2.05, 4.69) is 0 Å². The second-order valence-corrected chi connectivity index (χ2v) is 3.39. The van der Waals surface area contributed by atoms with E-state index in [-0.39, 0.29) is 11.7 Å². The van der Waals surface area contributed by atoms with Crippen LogP contribution in [-0.4, -0.2) is 17.4 Å². The number of carbonyl (C=O) groups is 1. The molecule has 1 amide bonds. The molecule has 0 saturated carbocycles. The molecule has 0 aliphatic heterocycles. The highest BCUT2D eigenvalue weighted by atomic mass is 19.1. The van der Waals surface area contributed by atoms with Gasteiger partial charge < -0.3 is 4.90 Å². The van der Waals surface area contributed by atoms with Crippen LogP contribution in [0, 0.1) is 5.82 Å². The summed E-state index contributed by atoms with van der Waals surface area (Å²) in [5.41, 5.74) is 0.832. The van der Waals surface area contributed by atoms with Crippen LogP contribution in [0.15, 0.2) is 24.3 Å². The third kappa shape index (κ3) is 3.35. The third-order valence-electron chi connectivity index (χ3n) is 2.30. The van der Waals surface area contributed by atoms with Gasteiger partial charge in [0.15, 0.2) is 0 Å². The van der Waals surface area contributed by atoms with E-state index < -0.39 is 0 Å². The first-order chi connectivity index (χ1) is 7.17. The van der Waals surface area contributed by atoms with Crippen molar-refractivity contribution in [3.8, 4) is 0 Å². The van der Waals surface area contributed by atoms with Crippen LogP contribution in [0.1, 0.15) is 25.8 Å². The topological polar surface area (TPSA) is 20.3 Å². The van der Waals surface area contributed by atoms with Crippen LogP contribution >= 0.6 is 0 Å². The molecule has 0 radical (unpaired) electrons. The lowest BCUT2D eigenvalue weighted by molar-refractivity contribution is -0.131. The molecule has 1 rings (SSSR count). The summed E-state index contributed by atoms with van der Waals surface area (Å²) in [6.45, 7) is 4.90. The summed E-state index contributed by atoms with van der Waals surface area (Å²) in [7, 11) is 0. The van der Waals surface area contributed by atoms with Gasteiger partial charge in [-0.05, 0) is 24.6 Å². The summed E-state index contributed by atoms with van der Waals surface area (Å²) in [6, 6.07) is 6.36. The highest BCUT2D eigenvalue weighted by molar-refractivity contribution is 5.75. The van der Waals surface area contributed by atoms with Crippen LogP contribution in [0.2, 0.25) is 0 Å². The van der Waals surface area contributed by atoms with Crippen molar-refractivity contribution in [1.29, 1.82) is 0 Å². The SMILES string of the molecule is CCC(=O)N(CC)Cc1cccc(F)c1. The predicted molar refractivity (Wildman–Crippen MR) is 57.8 cm³/mol. The number of halogens is 1. The highest BCUT2D eigenvalue weighted by Gasteiger charge is 2.09. The molecule has 0 atom stereocenters. The first kappa shape index (κ1) is 11.7. The number of nitrogens with zero attached hydrogens (tertiary/aromatic N) is 1. The average Bonchev–Trinajstić information content (AvgIpc) is 2.25. The summed E-state index contributed by atoms with van der Waals surface area (Å²) in [5, 5.41) is 0. The molecule has 15 heavy (non-hydrogen) atoms. The second kappa shape index (κ2) is 5.49. The largest absolute Gasteiger partial charge is 0.339 e. The maximum atomic E-state index is 12.9. The lowest BCUT2D eigenvalue weighted by Crippen LogP contribution is -2.29. The number of carbonyl (C=O) groups excluding carboxylic acids is 1. The van der Waals surface area contributed by atoms with Crippen LogP contribution < -0.4 is 0 Å². The van der Waals surface area contributed by atoms with E-state index in [0.29, 0.717) is 19.5 Å². The molecule has 0 fully saturated rings. The van der Waals surface area contributed by atoms with Crippen molar-refractivity contribution in [2.45, 2.75) is 26.8 Å². The van der Waals surface area contributed by atoms with E-state index in [1.54, 1.807) is 11.0 Å². The van der Waals surface area contributed by atoms with Gasteiger partial charge in [-0.3, -0.25) is 4.79 Å². The summed E-state index contributed by atoms with van der Waals surface area (Å²) < 4.78 is 12.9. The lowest BCUT2D eigenvalue weighted by Gasteiger charge is -2.20. The molecular formula is C12H16FNO. The Morgan fingerprint density at radius 2 is 2.13 bits per heavy atom. The first-order valence-corrected chi connectivity index (χ1v) is 5.19. The number of benzene rings is 1. The van der Waals surface area contributed by atoms with Gasteiger partial charge in [-0.15, -0.1) is 0 Å². The van der Waals surface area contributed by atoms with Gasteiger partial charge in [-0.2, -0.15) is 0 Å². The van der Waals surface area contributed by atoms with Crippen LogP contribution in [-0.2, 0) is 11.3 Å².